The molecule has 150 valence electrons. The molecule has 3 aromatic heterocycles. The van der Waals surface area contributed by atoms with E-state index < -0.39 is 6.03 Å². The van der Waals surface area contributed by atoms with Crippen LogP contribution in [-0.2, 0) is 6.54 Å². The number of nitrogens with zero attached hydrogens (tertiary/aromatic N) is 4. The van der Waals surface area contributed by atoms with Gasteiger partial charge in [-0.2, -0.15) is 9.78 Å². The SMILES string of the molecule is Cc1cc(-c2ncc(CNC(=O)n3cc(-c4ccccc4F)cn3)cc2C)ccn1. The van der Waals surface area contributed by atoms with Crippen molar-refractivity contribution >= 4 is 6.03 Å². The van der Waals surface area contributed by atoms with Crippen LogP contribution in [-0.4, -0.2) is 25.8 Å². The standard InChI is InChI=1S/C23H20FN5O/c1-15-9-17(11-26-22(15)18-7-8-25-16(2)10-18)12-27-23(30)29-14-19(13-28-29)20-5-3-4-6-21(20)24/h3-11,13-14H,12H2,1-2H3,(H,27,30). The average Bonchev–Trinajstić information content (AvgIpc) is 3.22. The Morgan fingerprint density at radius 2 is 1.90 bits per heavy atom. The zero-order valence-electron chi connectivity index (χ0n) is 16.6. The first kappa shape index (κ1) is 19.4. The molecule has 0 spiro atoms. The Bertz CT molecular complexity index is 1220. The highest BCUT2D eigenvalue weighted by Crippen LogP contribution is 2.23. The summed E-state index contributed by atoms with van der Waals surface area (Å²) in [7, 11) is 0. The Balaban J connectivity index is 1.44. The maximum Gasteiger partial charge on any atom is 0.342 e. The number of hydrogen-bond acceptors (Lipinski definition) is 4. The molecule has 0 aliphatic rings. The largest absolute Gasteiger partial charge is 0.342 e. The van der Waals surface area contributed by atoms with Gasteiger partial charge in [0.2, 0.25) is 0 Å². The molecule has 1 aromatic carbocycles. The van der Waals surface area contributed by atoms with Crippen LogP contribution in [0, 0.1) is 19.7 Å². The van der Waals surface area contributed by atoms with Crippen LogP contribution in [0.2, 0.25) is 0 Å². The Labute approximate surface area is 173 Å². The van der Waals surface area contributed by atoms with Gasteiger partial charge >= 0.3 is 6.03 Å². The molecular formula is C23H20FN5O. The minimum Gasteiger partial charge on any atom is -0.332 e. The Morgan fingerprint density at radius 1 is 1.07 bits per heavy atom. The molecule has 0 atom stereocenters. The first-order valence-corrected chi connectivity index (χ1v) is 9.47. The van der Waals surface area contributed by atoms with Crippen molar-refractivity contribution in [2.75, 3.05) is 0 Å². The lowest BCUT2D eigenvalue weighted by Crippen LogP contribution is -2.28. The second-order valence-electron chi connectivity index (χ2n) is 7.01. The van der Waals surface area contributed by atoms with Crippen LogP contribution < -0.4 is 5.32 Å². The summed E-state index contributed by atoms with van der Waals surface area (Å²) in [6.45, 7) is 4.23. The molecule has 0 saturated heterocycles. The zero-order chi connectivity index (χ0) is 21.1. The van der Waals surface area contributed by atoms with Gasteiger partial charge < -0.3 is 5.32 Å². The first-order valence-electron chi connectivity index (χ1n) is 9.47. The molecule has 0 aliphatic heterocycles. The number of benzene rings is 1. The third-order valence-electron chi connectivity index (χ3n) is 4.72. The van der Waals surface area contributed by atoms with E-state index >= 15 is 0 Å². The van der Waals surface area contributed by atoms with Gasteiger partial charge in [0.05, 0.1) is 11.9 Å². The summed E-state index contributed by atoms with van der Waals surface area (Å²) in [5.41, 5.74) is 5.64. The number of carbonyl (C=O) groups excluding carboxylic acids is 1. The topological polar surface area (TPSA) is 72.7 Å². The van der Waals surface area contributed by atoms with Crippen LogP contribution in [0.3, 0.4) is 0 Å². The summed E-state index contributed by atoms with van der Waals surface area (Å²) in [6, 6.07) is 11.9. The molecule has 6 nitrogen and oxygen atoms in total. The van der Waals surface area contributed by atoms with Gasteiger partial charge in [0.15, 0.2) is 0 Å². The van der Waals surface area contributed by atoms with Crippen LogP contribution in [0.1, 0.15) is 16.8 Å². The lowest BCUT2D eigenvalue weighted by Gasteiger charge is -2.09. The average molecular weight is 401 g/mol. The highest BCUT2D eigenvalue weighted by atomic mass is 19.1. The van der Waals surface area contributed by atoms with E-state index in [1.165, 1.54) is 18.5 Å². The summed E-state index contributed by atoms with van der Waals surface area (Å²) in [4.78, 5) is 21.2. The molecule has 1 N–H and O–H groups in total. The molecule has 0 saturated carbocycles. The number of hydrogen-bond donors (Lipinski definition) is 1. The fourth-order valence-electron chi connectivity index (χ4n) is 3.25. The van der Waals surface area contributed by atoms with Gasteiger partial charge in [-0.05, 0) is 43.2 Å². The van der Waals surface area contributed by atoms with Crippen molar-refractivity contribution in [3.8, 4) is 22.4 Å². The number of aryl methyl sites for hydroxylation is 2. The fourth-order valence-corrected chi connectivity index (χ4v) is 3.25. The lowest BCUT2D eigenvalue weighted by molar-refractivity contribution is 0.239. The third kappa shape index (κ3) is 4.10. The van der Waals surface area contributed by atoms with Crippen molar-refractivity contribution < 1.29 is 9.18 Å². The Morgan fingerprint density at radius 3 is 2.67 bits per heavy atom. The molecule has 30 heavy (non-hydrogen) atoms. The van der Waals surface area contributed by atoms with E-state index in [0.717, 1.165) is 32.8 Å². The van der Waals surface area contributed by atoms with Crippen LogP contribution >= 0.6 is 0 Å². The van der Waals surface area contributed by atoms with Crippen molar-refractivity contribution in [1.82, 2.24) is 25.1 Å². The predicted molar refractivity (Wildman–Crippen MR) is 112 cm³/mol. The molecular weight excluding hydrogens is 381 g/mol. The maximum atomic E-state index is 13.9. The number of carbonyl (C=O) groups is 1. The molecule has 4 rings (SSSR count). The van der Waals surface area contributed by atoms with Crippen LogP contribution in [0.25, 0.3) is 22.4 Å². The number of aromatic nitrogens is 4. The maximum absolute atomic E-state index is 13.9. The molecule has 0 fully saturated rings. The van der Waals surface area contributed by atoms with Gasteiger partial charge in [-0.3, -0.25) is 9.97 Å². The number of halogens is 1. The normalized spacial score (nSPS) is 10.8. The summed E-state index contributed by atoms with van der Waals surface area (Å²) in [6.07, 6.45) is 6.48. The van der Waals surface area contributed by atoms with Gasteiger partial charge in [0, 0.05) is 47.5 Å². The van der Waals surface area contributed by atoms with Crippen molar-refractivity contribution in [2.24, 2.45) is 0 Å². The van der Waals surface area contributed by atoms with E-state index in [-0.39, 0.29) is 5.82 Å². The van der Waals surface area contributed by atoms with Crippen LogP contribution in [0.5, 0.6) is 0 Å². The highest BCUT2D eigenvalue weighted by molar-refractivity contribution is 5.77. The van der Waals surface area contributed by atoms with Gasteiger partial charge in [0.25, 0.3) is 0 Å². The molecule has 7 heteroatoms. The van der Waals surface area contributed by atoms with Gasteiger partial charge in [-0.1, -0.05) is 24.3 Å². The van der Waals surface area contributed by atoms with Crippen molar-refractivity contribution in [3.63, 3.8) is 0 Å². The minimum atomic E-state index is -0.399. The number of amides is 1. The second-order valence-corrected chi connectivity index (χ2v) is 7.01. The first-order chi connectivity index (χ1) is 14.5. The second kappa shape index (κ2) is 8.24. The molecule has 4 aromatic rings. The number of pyridine rings is 2. The van der Waals surface area contributed by atoms with Crippen molar-refractivity contribution in [3.05, 3.63) is 89.9 Å². The highest BCUT2D eigenvalue weighted by Gasteiger charge is 2.11. The quantitative estimate of drug-likeness (QED) is 0.546. The number of rotatable bonds is 4. The molecule has 1 amide bonds. The molecule has 3 heterocycles. The minimum absolute atomic E-state index is 0.303. The molecule has 0 aliphatic carbocycles. The fraction of sp³-hybridized carbons (Fsp3) is 0.130. The van der Waals surface area contributed by atoms with E-state index in [1.54, 1.807) is 30.6 Å². The van der Waals surface area contributed by atoms with Gasteiger partial charge in [0.1, 0.15) is 5.82 Å². The summed E-state index contributed by atoms with van der Waals surface area (Å²) in [5.74, 6) is -0.358. The molecule has 0 unspecified atom stereocenters. The van der Waals surface area contributed by atoms with E-state index in [9.17, 15) is 9.18 Å². The molecule has 0 radical (unpaired) electrons. The van der Waals surface area contributed by atoms with Crippen molar-refractivity contribution in [1.29, 1.82) is 0 Å². The number of nitrogens with one attached hydrogen (secondary N) is 1. The van der Waals surface area contributed by atoms with Gasteiger partial charge in [-0.15, -0.1) is 0 Å². The van der Waals surface area contributed by atoms with Crippen LogP contribution in [0.4, 0.5) is 9.18 Å². The molecule has 0 bridgehead atoms. The Hall–Kier alpha value is -3.87. The van der Waals surface area contributed by atoms with Crippen LogP contribution in [0.15, 0.2) is 67.3 Å². The Kier molecular flexibility index (Phi) is 5.34. The smallest absolute Gasteiger partial charge is 0.332 e. The third-order valence-corrected chi connectivity index (χ3v) is 4.72. The predicted octanol–water partition coefficient (Wildman–Crippen LogP) is 4.52. The monoisotopic (exact) mass is 401 g/mol. The van der Waals surface area contributed by atoms with Gasteiger partial charge in [-0.25, -0.2) is 9.18 Å². The summed E-state index contributed by atoms with van der Waals surface area (Å²) < 4.78 is 15.1. The van der Waals surface area contributed by atoms with Crippen molar-refractivity contribution in [2.45, 2.75) is 20.4 Å². The van der Waals surface area contributed by atoms with E-state index in [1.807, 2.05) is 32.0 Å². The lowest BCUT2D eigenvalue weighted by atomic mass is 10.1. The summed E-state index contributed by atoms with van der Waals surface area (Å²) in [5, 5.41) is 6.85. The van der Waals surface area contributed by atoms with E-state index in [0.29, 0.717) is 17.7 Å². The van der Waals surface area contributed by atoms with E-state index in [4.69, 9.17) is 0 Å². The van der Waals surface area contributed by atoms with E-state index in [2.05, 4.69) is 20.4 Å². The zero-order valence-corrected chi connectivity index (χ0v) is 16.6. The summed E-state index contributed by atoms with van der Waals surface area (Å²) >= 11 is 0.